The van der Waals surface area contributed by atoms with E-state index in [1.807, 2.05) is 30.3 Å². The standard InChI is InChI=1S/C30H28FNO4/c1-19(25-11-6-8-20-7-2-3-9-26(20)25)32-17-24-16-28(27-10-4-5-12-29(27)36-24)21-13-22(31)15-23(14-21)35-18-30(33)34/h2-15,19,24,28,32H,16-18H2,1H3,(H,33,34)/t19-,24-,28-/m1/s1. The summed E-state index contributed by atoms with van der Waals surface area (Å²) in [7, 11) is 0. The maximum atomic E-state index is 14.5. The van der Waals surface area contributed by atoms with Crippen LogP contribution in [0.3, 0.4) is 0 Å². The summed E-state index contributed by atoms with van der Waals surface area (Å²) < 4.78 is 26.1. The average molecular weight is 486 g/mol. The van der Waals surface area contributed by atoms with Crippen LogP contribution in [0.1, 0.15) is 42.0 Å². The van der Waals surface area contributed by atoms with Crippen LogP contribution in [0.5, 0.6) is 11.5 Å². The van der Waals surface area contributed by atoms with E-state index in [-0.39, 0.29) is 23.8 Å². The van der Waals surface area contributed by atoms with Gasteiger partial charge >= 0.3 is 5.97 Å². The summed E-state index contributed by atoms with van der Waals surface area (Å²) in [5.41, 5.74) is 2.94. The molecule has 1 aliphatic rings. The molecule has 5 nitrogen and oxygen atoms in total. The third kappa shape index (κ3) is 5.19. The van der Waals surface area contributed by atoms with Gasteiger partial charge < -0.3 is 19.9 Å². The van der Waals surface area contributed by atoms with Crippen molar-refractivity contribution >= 4 is 16.7 Å². The lowest BCUT2D eigenvalue weighted by molar-refractivity contribution is -0.139. The number of aliphatic carboxylic acids is 1. The summed E-state index contributed by atoms with van der Waals surface area (Å²) in [5, 5.41) is 15.0. The van der Waals surface area contributed by atoms with Gasteiger partial charge in [-0.05, 0) is 53.4 Å². The first kappa shape index (κ1) is 23.8. The molecule has 6 heteroatoms. The van der Waals surface area contributed by atoms with Gasteiger partial charge in [-0.3, -0.25) is 0 Å². The molecule has 36 heavy (non-hydrogen) atoms. The number of nitrogens with one attached hydrogen (secondary N) is 1. The number of rotatable bonds is 8. The summed E-state index contributed by atoms with van der Waals surface area (Å²) in [6.07, 6.45) is 0.516. The van der Waals surface area contributed by atoms with E-state index in [0.29, 0.717) is 13.0 Å². The fraction of sp³-hybridized carbons (Fsp3) is 0.233. The van der Waals surface area contributed by atoms with E-state index in [2.05, 4.69) is 48.6 Å². The number of ether oxygens (including phenoxy) is 2. The molecule has 5 rings (SSSR count). The summed E-state index contributed by atoms with van der Waals surface area (Å²) in [6.45, 7) is 2.24. The molecule has 0 fully saturated rings. The van der Waals surface area contributed by atoms with E-state index in [9.17, 15) is 9.18 Å². The highest BCUT2D eigenvalue weighted by atomic mass is 19.1. The van der Waals surface area contributed by atoms with Gasteiger partial charge in [0.25, 0.3) is 0 Å². The lowest BCUT2D eigenvalue weighted by atomic mass is 9.84. The van der Waals surface area contributed by atoms with Gasteiger partial charge in [0.05, 0.1) is 0 Å². The molecule has 0 aromatic heterocycles. The Labute approximate surface area is 209 Å². The second-order valence-corrected chi connectivity index (χ2v) is 9.17. The highest BCUT2D eigenvalue weighted by Gasteiger charge is 2.30. The molecule has 0 amide bonds. The topological polar surface area (TPSA) is 67.8 Å². The molecule has 4 aromatic carbocycles. The van der Waals surface area contributed by atoms with Gasteiger partial charge in [-0.2, -0.15) is 0 Å². The van der Waals surface area contributed by atoms with Gasteiger partial charge in [0.2, 0.25) is 0 Å². The van der Waals surface area contributed by atoms with Crippen molar-refractivity contribution in [2.45, 2.75) is 31.4 Å². The van der Waals surface area contributed by atoms with Crippen molar-refractivity contribution in [3.05, 3.63) is 107 Å². The number of carbonyl (C=O) groups is 1. The van der Waals surface area contributed by atoms with Crippen LogP contribution in [0.2, 0.25) is 0 Å². The number of benzene rings is 4. The Morgan fingerprint density at radius 3 is 2.72 bits per heavy atom. The Morgan fingerprint density at radius 1 is 1.08 bits per heavy atom. The number of para-hydroxylation sites is 1. The molecular formula is C30H28FNO4. The van der Waals surface area contributed by atoms with Crippen molar-refractivity contribution in [3.63, 3.8) is 0 Å². The Bertz CT molecular complexity index is 1380. The van der Waals surface area contributed by atoms with Crippen molar-refractivity contribution in [1.82, 2.24) is 5.32 Å². The number of hydrogen-bond acceptors (Lipinski definition) is 4. The van der Waals surface area contributed by atoms with Crippen LogP contribution in [0.25, 0.3) is 10.8 Å². The van der Waals surface area contributed by atoms with Crippen molar-refractivity contribution in [2.24, 2.45) is 0 Å². The van der Waals surface area contributed by atoms with Crippen LogP contribution in [0.15, 0.2) is 84.9 Å². The molecule has 0 aliphatic carbocycles. The summed E-state index contributed by atoms with van der Waals surface area (Å²) in [4.78, 5) is 10.9. The van der Waals surface area contributed by atoms with Crippen molar-refractivity contribution in [1.29, 1.82) is 0 Å². The zero-order chi connectivity index (χ0) is 25.1. The summed E-state index contributed by atoms with van der Waals surface area (Å²) in [5.74, 6) is -0.705. The third-order valence-corrected chi connectivity index (χ3v) is 6.69. The van der Waals surface area contributed by atoms with Crippen LogP contribution in [-0.2, 0) is 4.79 Å². The van der Waals surface area contributed by atoms with Gasteiger partial charge in [0.15, 0.2) is 6.61 Å². The number of carboxylic acid groups (broad SMARTS) is 1. The number of fused-ring (bicyclic) bond motifs is 2. The van der Waals surface area contributed by atoms with E-state index < -0.39 is 18.4 Å². The number of halogens is 1. The fourth-order valence-corrected chi connectivity index (χ4v) is 4.99. The van der Waals surface area contributed by atoms with E-state index in [1.54, 1.807) is 6.07 Å². The minimum atomic E-state index is -1.11. The van der Waals surface area contributed by atoms with E-state index in [0.717, 1.165) is 16.9 Å². The van der Waals surface area contributed by atoms with Crippen molar-refractivity contribution < 1.29 is 23.8 Å². The predicted octanol–water partition coefficient (Wildman–Crippen LogP) is 6.08. The second-order valence-electron chi connectivity index (χ2n) is 9.17. The van der Waals surface area contributed by atoms with Crippen molar-refractivity contribution in [3.8, 4) is 11.5 Å². The number of carboxylic acids is 1. The molecule has 3 atom stereocenters. The lowest BCUT2D eigenvalue weighted by Gasteiger charge is -2.33. The summed E-state index contributed by atoms with van der Waals surface area (Å²) >= 11 is 0. The fourth-order valence-electron chi connectivity index (χ4n) is 4.99. The molecule has 0 bridgehead atoms. The molecule has 0 saturated heterocycles. The van der Waals surface area contributed by atoms with Crippen LogP contribution >= 0.6 is 0 Å². The van der Waals surface area contributed by atoms with Gasteiger partial charge in [0, 0.05) is 30.1 Å². The highest BCUT2D eigenvalue weighted by molar-refractivity contribution is 5.86. The minimum Gasteiger partial charge on any atom is -0.489 e. The first-order valence-corrected chi connectivity index (χ1v) is 12.1. The van der Waals surface area contributed by atoms with Crippen LogP contribution < -0.4 is 14.8 Å². The minimum absolute atomic E-state index is 0.112. The first-order valence-electron chi connectivity index (χ1n) is 12.1. The molecule has 0 spiro atoms. The molecule has 0 unspecified atom stereocenters. The predicted molar refractivity (Wildman–Crippen MR) is 137 cm³/mol. The average Bonchev–Trinajstić information content (AvgIpc) is 2.89. The monoisotopic (exact) mass is 485 g/mol. The first-order chi connectivity index (χ1) is 17.5. The Balaban J connectivity index is 1.37. The van der Waals surface area contributed by atoms with Crippen LogP contribution in [0.4, 0.5) is 4.39 Å². The Morgan fingerprint density at radius 2 is 1.86 bits per heavy atom. The van der Waals surface area contributed by atoms with Crippen molar-refractivity contribution in [2.75, 3.05) is 13.2 Å². The molecule has 4 aromatic rings. The van der Waals surface area contributed by atoms with Crippen LogP contribution in [0, 0.1) is 5.82 Å². The maximum Gasteiger partial charge on any atom is 0.341 e. The quantitative estimate of drug-likeness (QED) is 0.317. The molecule has 0 radical (unpaired) electrons. The Hall–Kier alpha value is -3.90. The largest absolute Gasteiger partial charge is 0.489 e. The third-order valence-electron chi connectivity index (χ3n) is 6.69. The van der Waals surface area contributed by atoms with Crippen LogP contribution in [-0.4, -0.2) is 30.3 Å². The molecule has 0 saturated carbocycles. The molecule has 1 heterocycles. The maximum absolute atomic E-state index is 14.5. The van der Waals surface area contributed by atoms with E-state index in [1.165, 1.54) is 28.5 Å². The van der Waals surface area contributed by atoms with Gasteiger partial charge in [0.1, 0.15) is 23.4 Å². The smallest absolute Gasteiger partial charge is 0.341 e. The summed E-state index contributed by atoms with van der Waals surface area (Å²) in [6, 6.07) is 27.0. The molecular weight excluding hydrogens is 457 g/mol. The van der Waals surface area contributed by atoms with Gasteiger partial charge in [-0.1, -0.05) is 60.7 Å². The zero-order valence-corrected chi connectivity index (χ0v) is 20.0. The molecule has 1 aliphatic heterocycles. The number of hydrogen-bond donors (Lipinski definition) is 2. The molecule has 2 N–H and O–H groups in total. The molecule has 184 valence electrons. The SMILES string of the molecule is C[C@@H](NC[C@H]1C[C@H](c2cc(F)cc(OCC(=O)O)c2)c2ccccc2O1)c1cccc2ccccc12. The van der Waals surface area contributed by atoms with Gasteiger partial charge in [-0.25, -0.2) is 9.18 Å². The highest BCUT2D eigenvalue weighted by Crippen LogP contribution is 2.41. The van der Waals surface area contributed by atoms with E-state index >= 15 is 0 Å². The normalized spacial score (nSPS) is 17.7. The van der Waals surface area contributed by atoms with Gasteiger partial charge in [-0.15, -0.1) is 0 Å². The lowest BCUT2D eigenvalue weighted by Crippen LogP contribution is -2.37. The zero-order valence-electron chi connectivity index (χ0n) is 20.0. The Kier molecular flexibility index (Phi) is 6.87. The second kappa shape index (κ2) is 10.4. The van der Waals surface area contributed by atoms with E-state index in [4.69, 9.17) is 14.6 Å².